The van der Waals surface area contributed by atoms with E-state index in [1.807, 2.05) is 0 Å². The van der Waals surface area contributed by atoms with Gasteiger partial charge in [0.15, 0.2) is 0 Å². The van der Waals surface area contributed by atoms with Gasteiger partial charge in [0, 0.05) is 25.4 Å². The van der Waals surface area contributed by atoms with Crippen LogP contribution in [0.1, 0.15) is 18.4 Å². The first kappa shape index (κ1) is 14.1. The predicted molar refractivity (Wildman–Crippen MR) is 70.4 cm³/mol. The zero-order chi connectivity index (χ0) is 14.5. The Hall–Kier alpha value is -2.31. The molecule has 1 aromatic heterocycles. The molecule has 7 heteroatoms. The summed E-state index contributed by atoms with van der Waals surface area (Å²) in [6, 6.07) is 2.43. The van der Waals surface area contributed by atoms with Gasteiger partial charge in [-0.3, -0.25) is 0 Å². The third-order valence-electron chi connectivity index (χ3n) is 3.25. The number of aromatic nitrogens is 1. The number of likely N-dealkylation sites (tertiary alicyclic amines) is 1. The van der Waals surface area contributed by atoms with Gasteiger partial charge in [0.05, 0.1) is 7.11 Å². The van der Waals surface area contributed by atoms with Crippen molar-refractivity contribution in [2.45, 2.75) is 25.4 Å². The Morgan fingerprint density at radius 3 is 2.95 bits per heavy atom. The number of hydrogen-bond donors (Lipinski definition) is 2. The van der Waals surface area contributed by atoms with Crippen LogP contribution in [0.3, 0.4) is 0 Å². The maximum atomic E-state index is 12.0. The number of amides is 2. The van der Waals surface area contributed by atoms with Crippen molar-refractivity contribution in [2.75, 3.05) is 13.7 Å². The van der Waals surface area contributed by atoms with E-state index in [4.69, 9.17) is 9.84 Å². The maximum Gasteiger partial charge on any atom is 0.326 e. The number of carboxylic acids is 1. The molecule has 2 amide bonds. The topological polar surface area (TPSA) is 91.8 Å². The summed E-state index contributed by atoms with van der Waals surface area (Å²) in [5, 5.41) is 11.7. The molecule has 1 atom stereocenters. The van der Waals surface area contributed by atoms with E-state index in [1.54, 1.807) is 18.3 Å². The average molecular weight is 279 g/mol. The fourth-order valence-corrected chi connectivity index (χ4v) is 2.18. The second-order valence-corrected chi connectivity index (χ2v) is 4.56. The Labute approximate surface area is 116 Å². The number of aliphatic carboxylic acids is 1. The molecule has 1 saturated heterocycles. The summed E-state index contributed by atoms with van der Waals surface area (Å²) in [4.78, 5) is 28.4. The molecule has 1 aliphatic rings. The number of rotatable bonds is 4. The quantitative estimate of drug-likeness (QED) is 0.852. The molecule has 1 aliphatic heterocycles. The van der Waals surface area contributed by atoms with Crippen molar-refractivity contribution >= 4 is 12.0 Å². The van der Waals surface area contributed by atoms with Gasteiger partial charge in [-0.15, -0.1) is 0 Å². The van der Waals surface area contributed by atoms with Gasteiger partial charge in [-0.05, 0) is 18.4 Å². The van der Waals surface area contributed by atoms with Crippen LogP contribution >= 0.6 is 0 Å². The van der Waals surface area contributed by atoms with Gasteiger partial charge in [-0.25, -0.2) is 14.6 Å². The number of carbonyl (C=O) groups is 2. The molecule has 1 aromatic rings. The van der Waals surface area contributed by atoms with Crippen LogP contribution in [0.2, 0.25) is 0 Å². The molecule has 7 nitrogen and oxygen atoms in total. The van der Waals surface area contributed by atoms with Gasteiger partial charge in [0.1, 0.15) is 6.04 Å². The zero-order valence-electron chi connectivity index (χ0n) is 11.2. The molecule has 1 fully saturated rings. The lowest BCUT2D eigenvalue weighted by Crippen LogP contribution is -2.45. The van der Waals surface area contributed by atoms with E-state index in [9.17, 15) is 9.59 Å². The first-order valence-electron chi connectivity index (χ1n) is 6.38. The average Bonchev–Trinajstić information content (AvgIpc) is 2.95. The molecule has 0 bridgehead atoms. The van der Waals surface area contributed by atoms with Crippen LogP contribution in [-0.4, -0.2) is 46.7 Å². The molecule has 0 saturated carbocycles. The van der Waals surface area contributed by atoms with Crippen LogP contribution in [0.25, 0.3) is 0 Å². The zero-order valence-corrected chi connectivity index (χ0v) is 11.2. The summed E-state index contributed by atoms with van der Waals surface area (Å²) >= 11 is 0. The monoisotopic (exact) mass is 279 g/mol. The highest BCUT2D eigenvalue weighted by molar-refractivity contribution is 5.83. The standard InChI is InChI=1S/C13H17N3O4/c1-20-11-5-4-9(7-14-11)8-15-13(19)16-6-2-3-10(16)12(17)18/h4-5,7,10H,2-3,6,8H2,1H3,(H,15,19)(H,17,18). The lowest BCUT2D eigenvalue weighted by Gasteiger charge is -2.21. The number of nitrogens with zero attached hydrogens (tertiary/aromatic N) is 2. The van der Waals surface area contributed by atoms with E-state index in [-0.39, 0.29) is 6.03 Å². The van der Waals surface area contributed by atoms with E-state index < -0.39 is 12.0 Å². The molecule has 2 heterocycles. The van der Waals surface area contributed by atoms with Gasteiger partial charge < -0.3 is 20.1 Å². The smallest absolute Gasteiger partial charge is 0.326 e. The van der Waals surface area contributed by atoms with Gasteiger partial charge in [-0.1, -0.05) is 6.07 Å². The van der Waals surface area contributed by atoms with Gasteiger partial charge in [0.25, 0.3) is 0 Å². The van der Waals surface area contributed by atoms with Crippen molar-refractivity contribution < 1.29 is 19.4 Å². The summed E-state index contributed by atoms with van der Waals surface area (Å²) in [5.74, 6) is -0.450. The number of pyridine rings is 1. The minimum atomic E-state index is -0.955. The first-order chi connectivity index (χ1) is 9.61. The van der Waals surface area contributed by atoms with Crippen molar-refractivity contribution in [3.05, 3.63) is 23.9 Å². The van der Waals surface area contributed by atoms with Crippen molar-refractivity contribution in [1.82, 2.24) is 15.2 Å². The molecular formula is C13H17N3O4. The van der Waals surface area contributed by atoms with Crippen LogP contribution in [0.4, 0.5) is 4.79 Å². The molecule has 0 spiro atoms. The van der Waals surface area contributed by atoms with Crippen LogP contribution in [0, 0.1) is 0 Å². The molecule has 0 aliphatic carbocycles. The van der Waals surface area contributed by atoms with Crippen LogP contribution in [0.5, 0.6) is 5.88 Å². The largest absolute Gasteiger partial charge is 0.481 e. The van der Waals surface area contributed by atoms with E-state index in [1.165, 1.54) is 12.0 Å². The van der Waals surface area contributed by atoms with Crippen LogP contribution < -0.4 is 10.1 Å². The summed E-state index contributed by atoms with van der Waals surface area (Å²) in [6.07, 6.45) is 2.83. The number of hydrogen-bond acceptors (Lipinski definition) is 4. The molecule has 0 aromatic carbocycles. The number of methoxy groups -OCH3 is 1. The molecule has 1 unspecified atom stereocenters. The number of urea groups is 1. The highest BCUT2D eigenvalue weighted by atomic mass is 16.5. The summed E-state index contributed by atoms with van der Waals surface area (Å²) in [6.45, 7) is 0.780. The normalized spacial score (nSPS) is 17.9. The second kappa shape index (κ2) is 6.23. The summed E-state index contributed by atoms with van der Waals surface area (Å²) in [5.41, 5.74) is 0.824. The highest BCUT2D eigenvalue weighted by Crippen LogP contribution is 2.17. The SMILES string of the molecule is COc1ccc(CNC(=O)N2CCCC2C(=O)O)cn1. The molecule has 20 heavy (non-hydrogen) atoms. The first-order valence-corrected chi connectivity index (χ1v) is 6.38. The summed E-state index contributed by atoms with van der Waals surface area (Å²) < 4.78 is 4.94. The van der Waals surface area contributed by atoms with E-state index in [0.29, 0.717) is 31.8 Å². The van der Waals surface area contributed by atoms with Crippen molar-refractivity contribution in [2.24, 2.45) is 0 Å². The fourth-order valence-electron chi connectivity index (χ4n) is 2.18. The van der Waals surface area contributed by atoms with E-state index in [2.05, 4.69) is 10.3 Å². The van der Waals surface area contributed by atoms with Crippen LogP contribution in [-0.2, 0) is 11.3 Å². The number of carbonyl (C=O) groups excluding carboxylic acids is 1. The van der Waals surface area contributed by atoms with Gasteiger partial charge in [0.2, 0.25) is 5.88 Å². The molecule has 0 radical (unpaired) electrons. The number of ether oxygens (including phenoxy) is 1. The Morgan fingerprint density at radius 1 is 1.55 bits per heavy atom. The van der Waals surface area contributed by atoms with Gasteiger partial charge >= 0.3 is 12.0 Å². The van der Waals surface area contributed by atoms with Crippen molar-refractivity contribution in [3.8, 4) is 5.88 Å². The third-order valence-corrected chi connectivity index (χ3v) is 3.25. The lowest BCUT2D eigenvalue weighted by atomic mass is 10.2. The third kappa shape index (κ3) is 3.17. The molecular weight excluding hydrogens is 262 g/mol. The second-order valence-electron chi connectivity index (χ2n) is 4.56. The molecule has 108 valence electrons. The maximum absolute atomic E-state index is 12.0. The fraction of sp³-hybridized carbons (Fsp3) is 0.462. The highest BCUT2D eigenvalue weighted by Gasteiger charge is 2.33. The molecule has 2 N–H and O–H groups in total. The Kier molecular flexibility index (Phi) is 4.39. The Balaban J connectivity index is 1.89. The Bertz CT molecular complexity index is 489. The van der Waals surface area contributed by atoms with Crippen LogP contribution in [0.15, 0.2) is 18.3 Å². The van der Waals surface area contributed by atoms with E-state index >= 15 is 0 Å². The minimum absolute atomic E-state index is 0.304. The summed E-state index contributed by atoms with van der Waals surface area (Å²) in [7, 11) is 1.53. The number of nitrogens with one attached hydrogen (secondary N) is 1. The minimum Gasteiger partial charge on any atom is -0.481 e. The molecule has 2 rings (SSSR count). The Morgan fingerprint density at radius 2 is 2.35 bits per heavy atom. The lowest BCUT2D eigenvalue weighted by molar-refractivity contribution is -0.141. The van der Waals surface area contributed by atoms with E-state index in [0.717, 1.165) is 5.56 Å². The predicted octanol–water partition coefficient (Wildman–Crippen LogP) is 0.849. The van der Waals surface area contributed by atoms with Crippen molar-refractivity contribution in [1.29, 1.82) is 0 Å². The number of carboxylic acid groups (broad SMARTS) is 1. The van der Waals surface area contributed by atoms with Crippen molar-refractivity contribution in [3.63, 3.8) is 0 Å². The van der Waals surface area contributed by atoms with Gasteiger partial charge in [-0.2, -0.15) is 0 Å².